The molecule has 0 aromatic heterocycles. The SMILES string of the molecule is O=C(Cc1ccccc1F)Nc1ccc(F)cc1Br. The highest BCUT2D eigenvalue weighted by atomic mass is 79.9. The van der Waals surface area contributed by atoms with Crippen molar-refractivity contribution in [3.63, 3.8) is 0 Å². The van der Waals surface area contributed by atoms with Crippen LogP contribution in [0.15, 0.2) is 46.9 Å². The van der Waals surface area contributed by atoms with Gasteiger partial charge in [0.05, 0.1) is 12.1 Å². The van der Waals surface area contributed by atoms with Crippen LogP contribution in [0.3, 0.4) is 0 Å². The van der Waals surface area contributed by atoms with E-state index < -0.39 is 11.6 Å². The molecule has 0 heterocycles. The minimum Gasteiger partial charge on any atom is -0.325 e. The van der Waals surface area contributed by atoms with Crippen molar-refractivity contribution in [2.75, 3.05) is 5.32 Å². The van der Waals surface area contributed by atoms with Gasteiger partial charge in [0, 0.05) is 4.47 Å². The number of benzene rings is 2. The van der Waals surface area contributed by atoms with Crippen molar-refractivity contribution in [2.45, 2.75) is 6.42 Å². The second kappa shape index (κ2) is 5.93. The lowest BCUT2D eigenvalue weighted by atomic mass is 10.1. The molecule has 1 amide bonds. The molecule has 0 spiro atoms. The summed E-state index contributed by atoms with van der Waals surface area (Å²) in [7, 11) is 0. The van der Waals surface area contributed by atoms with Crippen molar-refractivity contribution >= 4 is 27.5 Å². The second-order valence-electron chi connectivity index (χ2n) is 3.94. The summed E-state index contributed by atoms with van der Waals surface area (Å²) in [5, 5.41) is 2.59. The van der Waals surface area contributed by atoms with E-state index >= 15 is 0 Å². The molecule has 2 aromatic carbocycles. The van der Waals surface area contributed by atoms with Crippen molar-refractivity contribution < 1.29 is 13.6 Å². The fourth-order valence-electron chi connectivity index (χ4n) is 1.60. The number of rotatable bonds is 3. The Hall–Kier alpha value is -1.75. The molecule has 2 rings (SSSR count). The zero-order valence-electron chi connectivity index (χ0n) is 9.79. The number of amides is 1. The third-order valence-corrected chi connectivity index (χ3v) is 3.17. The number of hydrogen-bond donors (Lipinski definition) is 1. The molecule has 0 saturated carbocycles. The molecular formula is C14H10BrF2NO. The van der Waals surface area contributed by atoms with E-state index in [1.807, 2.05) is 0 Å². The molecule has 2 aromatic rings. The van der Waals surface area contributed by atoms with Crippen LogP contribution < -0.4 is 5.32 Å². The lowest BCUT2D eigenvalue weighted by Gasteiger charge is -2.08. The Morgan fingerprint density at radius 3 is 2.58 bits per heavy atom. The number of carbonyl (C=O) groups excluding carboxylic acids is 1. The normalized spacial score (nSPS) is 10.3. The van der Waals surface area contributed by atoms with Crippen LogP contribution in [0, 0.1) is 11.6 Å². The van der Waals surface area contributed by atoms with E-state index in [-0.39, 0.29) is 12.3 Å². The molecule has 2 nitrogen and oxygen atoms in total. The first-order chi connectivity index (χ1) is 9.06. The van der Waals surface area contributed by atoms with Crippen LogP contribution in [0.25, 0.3) is 0 Å². The fourth-order valence-corrected chi connectivity index (χ4v) is 2.05. The van der Waals surface area contributed by atoms with Gasteiger partial charge in [0.2, 0.25) is 5.91 Å². The van der Waals surface area contributed by atoms with E-state index in [1.165, 1.54) is 24.3 Å². The molecule has 0 radical (unpaired) electrons. The lowest BCUT2D eigenvalue weighted by molar-refractivity contribution is -0.115. The molecule has 0 fully saturated rings. The van der Waals surface area contributed by atoms with Gasteiger partial charge in [-0.2, -0.15) is 0 Å². The molecule has 0 aliphatic carbocycles. The number of hydrogen-bond acceptors (Lipinski definition) is 1. The predicted molar refractivity (Wildman–Crippen MR) is 72.8 cm³/mol. The van der Waals surface area contributed by atoms with Gasteiger partial charge in [-0.25, -0.2) is 8.78 Å². The molecule has 5 heteroatoms. The maximum absolute atomic E-state index is 13.4. The largest absolute Gasteiger partial charge is 0.325 e. The summed E-state index contributed by atoms with van der Waals surface area (Å²) in [6.07, 6.45) is -0.0729. The summed E-state index contributed by atoms with van der Waals surface area (Å²) >= 11 is 3.15. The Balaban J connectivity index is 2.08. The third kappa shape index (κ3) is 3.61. The van der Waals surface area contributed by atoms with Gasteiger partial charge < -0.3 is 5.32 Å². The lowest BCUT2D eigenvalue weighted by Crippen LogP contribution is -2.15. The molecule has 98 valence electrons. The fraction of sp³-hybridized carbons (Fsp3) is 0.0714. The first-order valence-corrected chi connectivity index (χ1v) is 6.34. The van der Waals surface area contributed by atoms with Gasteiger partial charge in [0.15, 0.2) is 0 Å². The van der Waals surface area contributed by atoms with E-state index in [0.717, 1.165) is 0 Å². The van der Waals surface area contributed by atoms with Crippen LogP contribution >= 0.6 is 15.9 Å². The van der Waals surface area contributed by atoms with Gasteiger partial charge in [-0.15, -0.1) is 0 Å². The zero-order valence-corrected chi connectivity index (χ0v) is 11.4. The topological polar surface area (TPSA) is 29.1 Å². The van der Waals surface area contributed by atoms with Crippen LogP contribution in [0.2, 0.25) is 0 Å². The number of carbonyl (C=O) groups is 1. The Kier molecular flexibility index (Phi) is 4.27. The van der Waals surface area contributed by atoms with Crippen molar-refractivity contribution in [1.29, 1.82) is 0 Å². The van der Waals surface area contributed by atoms with Crippen LogP contribution in [-0.2, 0) is 11.2 Å². The first kappa shape index (κ1) is 13.7. The van der Waals surface area contributed by atoms with Gasteiger partial charge in [0.25, 0.3) is 0 Å². The molecular weight excluding hydrogens is 316 g/mol. The number of nitrogens with one attached hydrogen (secondary N) is 1. The van der Waals surface area contributed by atoms with Gasteiger partial charge in [-0.1, -0.05) is 18.2 Å². The average molecular weight is 326 g/mol. The maximum Gasteiger partial charge on any atom is 0.228 e. The molecule has 0 unspecified atom stereocenters. The smallest absolute Gasteiger partial charge is 0.228 e. The molecule has 0 atom stereocenters. The molecule has 0 aliphatic heterocycles. The number of anilines is 1. The van der Waals surface area contributed by atoms with Crippen molar-refractivity contribution in [1.82, 2.24) is 0 Å². The van der Waals surface area contributed by atoms with Gasteiger partial charge in [0.1, 0.15) is 11.6 Å². The summed E-state index contributed by atoms with van der Waals surface area (Å²) in [5.41, 5.74) is 0.765. The predicted octanol–water partition coefficient (Wildman–Crippen LogP) is 3.91. The molecule has 0 aliphatic rings. The van der Waals surface area contributed by atoms with Crippen LogP contribution in [0.1, 0.15) is 5.56 Å². The van der Waals surface area contributed by atoms with Crippen molar-refractivity contribution in [3.8, 4) is 0 Å². The standard InChI is InChI=1S/C14H10BrF2NO/c15-11-8-10(16)5-6-13(11)18-14(19)7-9-3-1-2-4-12(9)17/h1-6,8H,7H2,(H,18,19). The van der Waals surface area contributed by atoms with Crippen LogP contribution in [-0.4, -0.2) is 5.91 Å². The summed E-state index contributed by atoms with van der Waals surface area (Å²) in [6, 6.07) is 10.0. The summed E-state index contributed by atoms with van der Waals surface area (Å²) in [4.78, 5) is 11.8. The van der Waals surface area contributed by atoms with Gasteiger partial charge in [-0.3, -0.25) is 4.79 Å². The monoisotopic (exact) mass is 325 g/mol. The quantitative estimate of drug-likeness (QED) is 0.910. The van der Waals surface area contributed by atoms with E-state index in [9.17, 15) is 13.6 Å². The minimum atomic E-state index is -0.421. The zero-order chi connectivity index (χ0) is 13.8. The maximum atomic E-state index is 13.4. The minimum absolute atomic E-state index is 0.0729. The second-order valence-corrected chi connectivity index (χ2v) is 4.79. The molecule has 0 saturated heterocycles. The highest BCUT2D eigenvalue weighted by Gasteiger charge is 2.09. The highest BCUT2D eigenvalue weighted by Crippen LogP contribution is 2.23. The van der Waals surface area contributed by atoms with E-state index in [4.69, 9.17) is 0 Å². The Morgan fingerprint density at radius 2 is 1.89 bits per heavy atom. The van der Waals surface area contributed by atoms with Gasteiger partial charge in [-0.05, 0) is 45.8 Å². The summed E-state index contributed by atoms with van der Waals surface area (Å²) in [5.74, 6) is -1.19. The van der Waals surface area contributed by atoms with E-state index in [1.54, 1.807) is 18.2 Å². The van der Waals surface area contributed by atoms with E-state index in [0.29, 0.717) is 15.7 Å². The third-order valence-electron chi connectivity index (χ3n) is 2.51. The van der Waals surface area contributed by atoms with Crippen LogP contribution in [0.4, 0.5) is 14.5 Å². The Morgan fingerprint density at radius 1 is 1.16 bits per heavy atom. The summed E-state index contributed by atoms with van der Waals surface area (Å²) in [6.45, 7) is 0. The Labute approximate surface area is 117 Å². The Bertz CT molecular complexity index is 616. The molecule has 0 bridgehead atoms. The average Bonchev–Trinajstić information content (AvgIpc) is 2.36. The van der Waals surface area contributed by atoms with Crippen LogP contribution in [0.5, 0.6) is 0 Å². The van der Waals surface area contributed by atoms with E-state index in [2.05, 4.69) is 21.2 Å². The van der Waals surface area contributed by atoms with Crippen molar-refractivity contribution in [3.05, 3.63) is 64.1 Å². The summed E-state index contributed by atoms with van der Waals surface area (Å²) < 4.78 is 26.7. The van der Waals surface area contributed by atoms with Crippen molar-refractivity contribution in [2.24, 2.45) is 0 Å². The number of halogens is 3. The molecule has 1 N–H and O–H groups in total. The molecule has 19 heavy (non-hydrogen) atoms. The first-order valence-electron chi connectivity index (χ1n) is 5.54. The highest BCUT2D eigenvalue weighted by molar-refractivity contribution is 9.10. The van der Waals surface area contributed by atoms with Gasteiger partial charge >= 0.3 is 0 Å².